The van der Waals surface area contributed by atoms with Crippen LogP contribution in [0.2, 0.25) is 0 Å². The molecular formula is C16H23N3O3. The zero-order chi connectivity index (χ0) is 14.9. The molecule has 1 saturated heterocycles. The molecule has 0 spiro atoms. The lowest BCUT2D eigenvalue weighted by atomic mass is 9.84. The van der Waals surface area contributed by atoms with Gasteiger partial charge in [0.15, 0.2) is 5.82 Å². The smallest absolute Gasteiger partial charge is 0.252 e. The molecule has 120 valence electrons. The predicted octanol–water partition coefficient (Wildman–Crippen LogP) is 2.25. The molecule has 2 saturated carbocycles. The molecule has 6 heteroatoms. The van der Waals surface area contributed by atoms with E-state index in [9.17, 15) is 4.79 Å². The maximum atomic E-state index is 12.2. The van der Waals surface area contributed by atoms with Crippen molar-refractivity contribution in [2.45, 2.75) is 63.6 Å². The summed E-state index contributed by atoms with van der Waals surface area (Å²) in [5, 5.41) is 3.99. The van der Waals surface area contributed by atoms with Gasteiger partial charge in [0.1, 0.15) is 6.61 Å². The van der Waals surface area contributed by atoms with Gasteiger partial charge in [0.05, 0.1) is 6.10 Å². The Morgan fingerprint density at radius 1 is 1.18 bits per heavy atom. The Labute approximate surface area is 130 Å². The first-order valence-electron chi connectivity index (χ1n) is 8.52. The van der Waals surface area contributed by atoms with E-state index in [-0.39, 0.29) is 6.10 Å². The van der Waals surface area contributed by atoms with Crippen LogP contribution in [0.15, 0.2) is 4.52 Å². The van der Waals surface area contributed by atoms with Crippen LogP contribution < -0.4 is 0 Å². The van der Waals surface area contributed by atoms with Gasteiger partial charge in [-0.15, -0.1) is 0 Å². The van der Waals surface area contributed by atoms with Gasteiger partial charge >= 0.3 is 0 Å². The number of hydrogen-bond acceptors (Lipinski definition) is 5. The normalized spacial score (nSPS) is 23.5. The summed E-state index contributed by atoms with van der Waals surface area (Å²) >= 11 is 0. The Balaban J connectivity index is 1.20. The zero-order valence-corrected chi connectivity index (χ0v) is 12.9. The van der Waals surface area contributed by atoms with Gasteiger partial charge < -0.3 is 14.2 Å². The van der Waals surface area contributed by atoms with Gasteiger partial charge in [-0.2, -0.15) is 4.98 Å². The molecule has 0 aromatic carbocycles. The standard InChI is InChI=1S/C16H23N3O3/c20-16(12-2-1-3-12)19-8-6-13(7-9-19)21-10-14-17-15(18-22-14)11-4-5-11/h11-13H,1-10H2. The fourth-order valence-electron chi connectivity index (χ4n) is 3.18. The number of amides is 1. The molecule has 2 heterocycles. The van der Waals surface area contributed by atoms with Gasteiger partial charge in [0.25, 0.3) is 5.89 Å². The Morgan fingerprint density at radius 2 is 1.95 bits per heavy atom. The van der Waals surface area contributed by atoms with Crippen molar-refractivity contribution >= 4 is 5.91 Å². The van der Waals surface area contributed by atoms with E-state index in [1.54, 1.807) is 0 Å². The summed E-state index contributed by atoms with van der Waals surface area (Å²) in [4.78, 5) is 18.6. The minimum atomic E-state index is 0.196. The second-order valence-electron chi connectivity index (χ2n) is 6.78. The Hall–Kier alpha value is -1.43. The maximum Gasteiger partial charge on any atom is 0.252 e. The molecule has 22 heavy (non-hydrogen) atoms. The monoisotopic (exact) mass is 305 g/mol. The van der Waals surface area contributed by atoms with Crippen LogP contribution in [0.1, 0.15) is 62.6 Å². The SMILES string of the molecule is O=C(C1CCC1)N1CCC(OCc2nc(C3CC3)no2)CC1. The zero-order valence-electron chi connectivity index (χ0n) is 12.9. The average molecular weight is 305 g/mol. The summed E-state index contributed by atoms with van der Waals surface area (Å²) in [6.45, 7) is 2.02. The lowest BCUT2D eigenvalue weighted by Gasteiger charge is -2.36. The van der Waals surface area contributed by atoms with Gasteiger partial charge in [-0.25, -0.2) is 0 Å². The number of likely N-dealkylation sites (tertiary alicyclic amines) is 1. The second-order valence-corrected chi connectivity index (χ2v) is 6.78. The molecule has 1 aromatic rings. The van der Waals surface area contributed by atoms with Crippen molar-refractivity contribution < 1.29 is 14.1 Å². The summed E-state index contributed by atoms with van der Waals surface area (Å²) in [6, 6.07) is 0. The summed E-state index contributed by atoms with van der Waals surface area (Å²) in [7, 11) is 0. The highest BCUT2D eigenvalue weighted by atomic mass is 16.5. The number of ether oxygens (including phenoxy) is 1. The molecule has 0 bridgehead atoms. The molecule has 1 aliphatic heterocycles. The highest BCUT2D eigenvalue weighted by molar-refractivity contribution is 5.79. The van der Waals surface area contributed by atoms with Crippen LogP contribution in [0.3, 0.4) is 0 Å². The predicted molar refractivity (Wildman–Crippen MR) is 78.0 cm³/mol. The minimum absolute atomic E-state index is 0.196. The van der Waals surface area contributed by atoms with Gasteiger partial charge in [-0.1, -0.05) is 11.6 Å². The number of piperidine rings is 1. The molecule has 0 atom stereocenters. The van der Waals surface area contributed by atoms with E-state index in [0.29, 0.717) is 30.2 Å². The number of carbonyl (C=O) groups is 1. The fraction of sp³-hybridized carbons (Fsp3) is 0.812. The molecule has 4 rings (SSSR count). The minimum Gasteiger partial charge on any atom is -0.368 e. The summed E-state index contributed by atoms with van der Waals surface area (Å²) < 4.78 is 11.1. The summed E-state index contributed by atoms with van der Waals surface area (Å²) in [6.07, 6.45) is 7.72. The highest BCUT2D eigenvalue weighted by Gasteiger charge is 2.32. The van der Waals surface area contributed by atoms with Crippen molar-refractivity contribution in [3.8, 4) is 0 Å². The van der Waals surface area contributed by atoms with E-state index in [2.05, 4.69) is 10.1 Å². The van der Waals surface area contributed by atoms with Crippen molar-refractivity contribution in [1.29, 1.82) is 0 Å². The lowest BCUT2D eigenvalue weighted by Crippen LogP contribution is -2.45. The third kappa shape index (κ3) is 3.02. The van der Waals surface area contributed by atoms with Crippen LogP contribution in [-0.2, 0) is 16.1 Å². The van der Waals surface area contributed by atoms with Crippen LogP contribution in [0.4, 0.5) is 0 Å². The van der Waals surface area contributed by atoms with Crippen molar-refractivity contribution in [2.24, 2.45) is 5.92 Å². The largest absolute Gasteiger partial charge is 0.368 e. The molecular weight excluding hydrogens is 282 g/mol. The van der Waals surface area contributed by atoms with Crippen LogP contribution in [-0.4, -0.2) is 40.1 Å². The van der Waals surface area contributed by atoms with E-state index in [0.717, 1.165) is 44.6 Å². The maximum absolute atomic E-state index is 12.2. The molecule has 0 N–H and O–H groups in total. The molecule has 0 radical (unpaired) electrons. The lowest BCUT2D eigenvalue weighted by molar-refractivity contribution is -0.141. The molecule has 3 aliphatic rings. The number of rotatable bonds is 5. The van der Waals surface area contributed by atoms with Gasteiger partial charge in [0.2, 0.25) is 5.91 Å². The molecule has 0 unspecified atom stereocenters. The van der Waals surface area contributed by atoms with Crippen LogP contribution in [0.5, 0.6) is 0 Å². The quantitative estimate of drug-likeness (QED) is 0.834. The number of nitrogens with zero attached hydrogens (tertiary/aromatic N) is 3. The Kier molecular flexibility index (Phi) is 3.86. The average Bonchev–Trinajstić information content (AvgIpc) is 3.23. The third-order valence-electron chi connectivity index (χ3n) is 5.08. The molecule has 6 nitrogen and oxygen atoms in total. The molecule has 1 amide bonds. The van der Waals surface area contributed by atoms with Crippen molar-refractivity contribution in [1.82, 2.24) is 15.0 Å². The molecule has 3 fully saturated rings. The molecule has 2 aliphatic carbocycles. The summed E-state index contributed by atoms with van der Waals surface area (Å²) in [5.74, 6) is 2.58. The van der Waals surface area contributed by atoms with Crippen molar-refractivity contribution in [3.63, 3.8) is 0 Å². The number of hydrogen-bond donors (Lipinski definition) is 0. The van der Waals surface area contributed by atoms with Gasteiger partial charge in [0, 0.05) is 24.9 Å². The van der Waals surface area contributed by atoms with Crippen LogP contribution >= 0.6 is 0 Å². The fourth-order valence-corrected chi connectivity index (χ4v) is 3.18. The Bertz CT molecular complexity index is 528. The van der Waals surface area contributed by atoms with Crippen LogP contribution in [0.25, 0.3) is 0 Å². The first-order valence-corrected chi connectivity index (χ1v) is 8.52. The number of carbonyl (C=O) groups excluding carboxylic acids is 1. The first kappa shape index (κ1) is 14.2. The first-order chi connectivity index (χ1) is 10.8. The van der Waals surface area contributed by atoms with E-state index >= 15 is 0 Å². The summed E-state index contributed by atoms with van der Waals surface area (Å²) in [5.41, 5.74) is 0. The second kappa shape index (κ2) is 5.99. The number of aromatic nitrogens is 2. The van der Waals surface area contributed by atoms with E-state index in [4.69, 9.17) is 9.26 Å². The van der Waals surface area contributed by atoms with E-state index in [1.165, 1.54) is 19.3 Å². The highest BCUT2D eigenvalue weighted by Crippen LogP contribution is 2.38. The third-order valence-corrected chi connectivity index (χ3v) is 5.08. The van der Waals surface area contributed by atoms with E-state index in [1.807, 2.05) is 4.90 Å². The van der Waals surface area contributed by atoms with Crippen molar-refractivity contribution in [2.75, 3.05) is 13.1 Å². The molecule has 1 aromatic heterocycles. The van der Waals surface area contributed by atoms with Crippen molar-refractivity contribution in [3.05, 3.63) is 11.7 Å². The van der Waals surface area contributed by atoms with Crippen LogP contribution in [0, 0.1) is 5.92 Å². The topological polar surface area (TPSA) is 68.5 Å². The van der Waals surface area contributed by atoms with Gasteiger partial charge in [-0.05, 0) is 38.5 Å². The van der Waals surface area contributed by atoms with Gasteiger partial charge in [-0.3, -0.25) is 4.79 Å². The van der Waals surface area contributed by atoms with E-state index < -0.39 is 0 Å². The Morgan fingerprint density at radius 3 is 2.59 bits per heavy atom.